The fraction of sp³-hybridized carbons (Fsp3) is 0.200. The Balaban J connectivity index is 2.11. The first-order valence-electron chi connectivity index (χ1n) is 8.14. The summed E-state index contributed by atoms with van der Waals surface area (Å²) >= 11 is 0. The van der Waals surface area contributed by atoms with Crippen molar-refractivity contribution in [2.75, 3.05) is 32.0 Å². The molecule has 2 rings (SSSR count). The lowest BCUT2D eigenvalue weighted by molar-refractivity contribution is -0.114. The predicted molar refractivity (Wildman–Crippen MR) is 105 cm³/mol. The van der Waals surface area contributed by atoms with Crippen LogP contribution in [0.5, 0.6) is 17.2 Å². The molecule has 0 spiro atoms. The second-order valence-corrected chi connectivity index (χ2v) is 5.50. The summed E-state index contributed by atoms with van der Waals surface area (Å²) in [5.74, 6) is 1.00. The van der Waals surface area contributed by atoms with E-state index in [9.17, 15) is 9.59 Å². The monoisotopic (exact) mass is 370 g/mol. The minimum Gasteiger partial charge on any atom is -0.493 e. The largest absolute Gasteiger partial charge is 0.493 e. The molecule has 142 valence electrons. The summed E-state index contributed by atoms with van der Waals surface area (Å²) in [6.07, 6.45) is 3.02. The van der Waals surface area contributed by atoms with Gasteiger partial charge in [-0.25, -0.2) is 0 Å². The van der Waals surface area contributed by atoms with Crippen LogP contribution < -0.4 is 24.8 Å². The highest BCUT2D eigenvalue weighted by Gasteiger charge is 2.14. The summed E-state index contributed by atoms with van der Waals surface area (Å²) in [6.45, 7) is 1.43. The normalized spacial score (nSPS) is 10.4. The first kappa shape index (κ1) is 19.8. The Morgan fingerprint density at radius 2 is 1.41 bits per heavy atom. The number of ether oxygens (including phenoxy) is 3. The quantitative estimate of drug-likeness (QED) is 0.730. The summed E-state index contributed by atoms with van der Waals surface area (Å²) in [6, 6.07) is 10.3. The van der Waals surface area contributed by atoms with Gasteiger partial charge in [-0.05, 0) is 42.5 Å². The third-order valence-corrected chi connectivity index (χ3v) is 3.62. The predicted octanol–water partition coefficient (Wildman–Crippen LogP) is 3.32. The Labute approximate surface area is 157 Å². The molecule has 2 amide bonds. The number of methoxy groups -OCH3 is 3. The summed E-state index contributed by atoms with van der Waals surface area (Å²) in [5.41, 5.74) is 1.94. The maximum Gasteiger partial charge on any atom is 0.248 e. The molecule has 0 fully saturated rings. The van der Waals surface area contributed by atoms with Gasteiger partial charge in [0.05, 0.1) is 21.3 Å². The standard InChI is InChI=1S/C20H22N2O5/c1-13(23)21-15-7-9-16(10-8-15)22-18(24)12-6-14-5-11-17(25-2)20(27-4)19(14)26-3/h5-12H,1-4H3,(H,21,23)(H,22,24). The molecule has 0 saturated heterocycles. The van der Waals surface area contributed by atoms with Crippen LogP contribution in [-0.4, -0.2) is 33.1 Å². The van der Waals surface area contributed by atoms with Gasteiger partial charge < -0.3 is 24.8 Å². The van der Waals surface area contributed by atoms with E-state index in [4.69, 9.17) is 14.2 Å². The van der Waals surface area contributed by atoms with Crippen molar-refractivity contribution in [3.05, 3.63) is 48.0 Å². The number of amides is 2. The molecule has 0 bridgehead atoms. The van der Waals surface area contributed by atoms with Crippen molar-refractivity contribution in [1.82, 2.24) is 0 Å². The number of nitrogens with one attached hydrogen (secondary N) is 2. The van der Waals surface area contributed by atoms with Crippen molar-refractivity contribution in [2.45, 2.75) is 6.92 Å². The van der Waals surface area contributed by atoms with Gasteiger partial charge in [-0.1, -0.05) is 0 Å². The van der Waals surface area contributed by atoms with E-state index in [0.717, 1.165) is 0 Å². The van der Waals surface area contributed by atoms with E-state index in [1.807, 2.05) is 0 Å². The van der Waals surface area contributed by atoms with Crippen LogP contribution >= 0.6 is 0 Å². The molecule has 27 heavy (non-hydrogen) atoms. The van der Waals surface area contributed by atoms with Gasteiger partial charge in [0.1, 0.15) is 0 Å². The number of carbonyl (C=O) groups is 2. The van der Waals surface area contributed by atoms with Gasteiger partial charge in [-0.3, -0.25) is 9.59 Å². The van der Waals surface area contributed by atoms with Crippen LogP contribution in [0.3, 0.4) is 0 Å². The number of hydrogen-bond donors (Lipinski definition) is 2. The average molecular weight is 370 g/mol. The highest BCUT2D eigenvalue weighted by atomic mass is 16.5. The molecule has 0 saturated carbocycles. The molecule has 2 N–H and O–H groups in total. The summed E-state index contributed by atoms with van der Waals surface area (Å²) in [5, 5.41) is 5.41. The molecule has 0 radical (unpaired) electrons. The minimum absolute atomic E-state index is 0.154. The lowest BCUT2D eigenvalue weighted by atomic mass is 10.1. The molecule has 0 heterocycles. The Bertz CT molecular complexity index is 844. The highest BCUT2D eigenvalue weighted by molar-refractivity contribution is 6.02. The lowest BCUT2D eigenvalue weighted by Gasteiger charge is -2.14. The summed E-state index contributed by atoms with van der Waals surface area (Å²) in [4.78, 5) is 23.2. The number of carbonyl (C=O) groups excluding carboxylic acids is 2. The summed E-state index contributed by atoms with van der Waals surface area (Å²) in [7, 11) is 4.58. The topological polar surface area (TPSA) is 85.9 Å². The molecule has 0 aliphatic heterocycles. The Morgan fingerprint density at radius 3 is 1.93 bits per heavy atom. The first-order chi connectivity index (χ1) is 13.0. The van der Waals surface area contributed by atoms with Gasteiger partial charge in [0, 0.05) is 29.9 Å². The van der Waals surface area contributed by atoms with E-state index in [-0.39, 0.29) is 11.8 Å². The minimum atomic E-state index is -0.306. The molecular formula is C20H22N2O5. The number of anilines is 2. The van der Waals surface area contributed by atoms with Crippen LogP contribution in [-0.2, 0) is 9.59 Å². The van der Waals surface area contributed by atoms with Crippen LogP contribution in [0.2, 0.25) is 0 Å². The average Bonchev–Trinajstić information content (AvgIpc) is 2.66. The Morgan fingerprint density at radius 1 is 0.815 bits per heavy atom. The van der Waals surface area contributed by atoms with Gasteiger partial charge in [-0.2, -0.15) is 0 Å². The second kappa shape index (κ2) is 9.28. The van der Waals surface area contributed by atoms with Gasteiger partial charge in [0.15, 0.2) is 11.5 Å². The lowest BCUT2D eigenvalue weighted by Crippen LogP contribution is -2.08. The molecule has 0 aromatic heterocycles. The molecule has 0 aliphatic rings. The number of hydrogen-bond acceptors (Lipinski definition) is 5. The van der Waals surface area contributed by atoms with Gasteiger partial charge in [-0.15, -0.1) is 0 Å². The molecule has 0 aliphatic carbocycles. The zero-order chi connectivity index (χ0) is 19.8. The second-order valence-electron chi connectivity index (χ2n) is 5.50. The van der Waals surface area contributed by atoms with Crippen molar-refractivity contribution < 1.29 is 23.8 Å². The maximum absolute atomic E-state index is 12.2. The molecule has 0 unspecified atom stereocenters. The van der Waals surface area contributed by atoms with Crippen LogP contribution in [0.1, 0.15) is 12.5 Å². The zero-order valence-corrected chi connectivity index (χ0v) is 15.7. The maximum atomic E-state index is 12.2. The Kier molecular flexibility index (Phi) is 6.82. The van der Waals surface area contributed by atoms with Crippen molar-refractivity contribution in [1.29, 1.82) is 0 Å². The smallest absolute Gasteiger partial charge is 0.248 e. The van der Waals surface area contributed by atoms with Gasteiger partial charge in [0.2, 0.25) is 17.6 Å². The molecule has 7 nitrogen and oxygen atoms in total. The van der Waals surface area contributed by atoms with Crippen LogP contribution in [0.4, 0.5) is 11.4 Å². The molecular weight excluding hydrogens is 348 g/mol. The molecule has 2 aromatic carbocycles. The van der Waals surface area contributed by atoms with Gasteiger partial charge in [0.25, 0.3) is 0 Å². The van der Waals surface area contributed by atoms with Crippen LogP contribution in [0, 0.1) is 0 Å². The van der Waals surface area contributed by atoms with E-state index in [0.29, 0.717) is 34.2 Å². The molecule has 0 atom stereocenters. The van der Waals surface area contributed by atoms with E-state index >= 15 is 0 Å². The number of rotatable bonds is 7. The van der Waals surface area contributed by atoms with Crippen molar-refractivity contribution in [3.63, 3.8) is 0 Å². The first-order valence-corrected chi connectivity index (χ1v) is 8.14. The SMILES string of the molecule is COc1ccc(C=CC(=O)Nc2ccc(NC(C)=O)cc2)c(OC)c1OC. The van der Waals surface area contributed by atoms with Crippen LogP contribution in [0.25, 0.3) is 6.08 Å². The fourth-order valence-electron chi connectivity index (χ4n) is 2.45. The van der Waals surface area contributed by atoms with Crippen molar-refractivity contribution >= 4 is 29.3 Å². The Hall–Kier alpha value is -3.48. The zero-order valence-electron chi connectivity index (χ0n) is 15.7. The van der Waals surface area contributed by atoms with Crippen molar-refractivity contribution in [3.8, 4) is 17.2 Å². The molecule has 7 heteroatoms. The highest BCUT2D eigenvalue weighted by Crippen LogP contribution is 2.40. The summed E-state index contributed by atoms with van der Waals surface area (Å²) < 4.78 is 15.9. The van der Waals surface area contributed by atoms with Crippen LogP contribution in [0.15, 0.2) is 42.5 Å². The van der Waals surface area contributed by atoms with E-state index < -0.39 is 0 Å². The van der Waals surface area contributed by atoms with Gasteiger partial charge >= 0.3 is 0 Å². The van der Waals surface area contributed by atoms with E-state index in [1.165, 1.54) is 34.3 Å². The third-order valence-electron chi connectivity index (χ3n) is 3.62. The van der Waals surface area contributed by atoms with E-state index in [1.54, 1.807) is 42.5 Å². The molecule has 2 aromatic rings. The van der Waals surface area contributed by atoms with Crippen molar-refractivity contribution in [2.24, 2.45) is 0 Å². The number of benzene rings is 2. The third kappa shape index (κ3) is 5.24. The van der Waals surface area contributed by atoms with E-state index in [2.05, 4.69) is 10.6 Å². The fourth-order valence-corrected chi connectivity index (χ4v) is 2.45.